The molecule has 0 spiro atoms. The first-order valence-corrected chi connectivity index (χ1v) is 6.80. The van der Waals surface area contributed by atoms with Crippen LogP contribution in [-0.2, 0) is 10.0 Å². The van der Waals surface area contributed by atoms with Crippen molar-refractivity contribution in [2.24, 2.45) is 10.6 Å². The zero-order valence-corrected chi connectivity index (χ0v) is 11.1. The Bertz CT molecular complexity index is 504. The standard InChI is InChI=1S/C11H19N3O2S/c1-11(2,3)7-14-9-5-4-8(12)6-10(9)17(13,15)16/h4-6,14H,7,12H2,1-3H3,(H2,13,15,16). The van der Waals surface area contributed by atoms with Gasteiger partial charge in [0.05, 0.1) is 5.69 Å². The number of hydrogen-bond acceptors (Lipinski definition) is 4. The van der Waals surface area contributed by atoms with Crippen molar-refractivity contribution in [3.05, 3.63) is 18.2 Å². The minimum Gasteiger partial charge on any atom is -0.399 e. The van der Waals surface area contributed by atoms with Gasteiger partial charge in [-0.15, -0.1) is 0 Å². The lowest BCUT2D eigenvalue weighted by Gasteiger charge is -2.20. The van der Waals surface area contributed by atoms with Gasteiger partial charge in [-0.2, -0.15) is 0 Å². The number of nitrogen functional groups attached to an aromatic ring is 1. The van der Waals surface area contributed by atoms with Crippen molar-refractivity contribution >= 4 is 21.4 Å². The Hall–Kier alpha value is -1.27. The molecule has 0 amide bonds. The number of anilines is 2. The third kappa shape index (κ3) is 4.24. The molecule has 0 unspecified atom stereocenters. The molecule has 0 saturated carbocycles. The molecule has 1 aromatic rings. The highest BCUT2D eigenvalue weighted by molar-refractivity contribution is 7.89. The molecule has 0 atom stereocenters. The van der Waals surface area contributed by atoms with E-state index in [1.807, 2.05) is 20.8 Å². The summed E-state index contributed by atoms with van der Waals surface area (Å²) in [4.78, 5) is 0.0294. The van der Waals surface area contributed by atoms with Gasteiger partial charge in [0, 0.05) is 12.2 Å². The fourth-order valence-corrected chi connectivity index (χ4v) is 2.03. The van der Waals surface area contributed by atoms with Crippen LogP contribution < -0.4 is 16.2 Å². The summed E-state index contributed by atoms with van der Waals surface area (Å²) in [5.74, 6) is 0. The van der Waals surface area contributed by atoms with Gasteiger partial charge < -0.3 is 11.1 Å². The Morgan fingerprint density at radius 3 is 2.35 bits per heavy atom. The number of primary sulfonamides is 1. The number of hydrogen-bond donors (Lipinski definition) is 3. The summed E-state index contributed by atoms with van der Waals surface area (Å²) in [6.07, 6.45) is 0. The molecule has 5 nitrogen and oxygen atoms in total. The van der Waals surface area contributed by atoms with Crippen molar-refractivity contribution in [1.82, 2.24) is 0 Å². The molecule has 0 radical (unpaired) electrons. The minimum absolute atomic E-state index is 0.0294. The molecule has 96 valence electrons. The van der Waals surface area contributed by atoms with E-state index in [1.165, 1.54) is 6.07 Å². The number of nitrogens with two attached hydrogens (primary N) is 2. The first-order chi connectivity index (χ1) is 7.59. The first-order valence-electron chi connectivity index (χ1n) is 5.26. The number of sulfonamides is 1. The lowest BCUT2D eigenvalue weighted by atomic mass is 9.97. The van der Waals surface area contributed by atoms with Crippen LogP contribution in [0.25, 0.3) is 0 Å². The van der Waals surface area contributed by atoms with Crippen LogP contribution in [0.2, 0.25) is 0 Å². The minimum atomic E-state index is -3.77. The summed E-state index contributed by atoms with van der Waals surface area (Å²) >= 11 is 0. The maximum atomic E-state index is 11.4. The Morgan fingerprint density at radius 1 is 1.29 bits per heavy atom. The predicted molar refractivity (Wildman–Crippen MR) is 70.2 cm³/mol. The van der Waals surface area contributed by atoms with Crippen LogP contribution in [0.5, 0.6) is 0 Å². The van der Waals surface area contributed by atoms with Gasteiger partial charge in [-0.25, -0.2) is 13.6 Å². The zero-order chi connectivity index (χ0) is 13.3. The second kappa shape index (κ2) is 4.54. The Morgan fingerprint density at radius 2 is 1.88 bits per heavy atom. The van der Waals surface area contributed by atoms with Crippen LogP contribution in [0.1, 0.15) is 20.8 Å². The molecule has 6 heteroatoms. The van der Waals surface area contributed by atoms with Gasteiger partial charge in [-0.05, 0) is 23.6 Å². The molecule has 0 bridgehead atoms. The SMILES string of the molecule is CC(C)(C)CNc1ccc(N)cc1S(N)(=O)=O. The molecule has 1 aromatic carbocycles. The summed E-state index contributed by atoms with van der Waals surface area (Å²) in [7, 11) is -3.77. The van der Waals surface area contributed by atoms with Crippen LogP contribution in [0.15, 0.2) is 23.1 Å². The van der Waals surface area contributed by atoms with E-state index in [0.29, 0.717) is 17.9 Å². The van der Waals surface area contributed by atoms with Gasteiger partial charge in [0.2, 0.25) is 10.0 Å². The zero-order valence-electron chi connectivity index (χ0n) is 10.3. The van der Waals surface area contributed by atoms with E-state index >= 15 is 0 Å². The molecule has 5 N–H and O–H groups in total. The fourth-order valence-electron chi connectivity index (χ4n) is 1.28. The molecule has 0 aliphatic carbocycles. The van der Waals surface area contributed by atoms with Gasteiger partial charge in [0.15, 0.2) is 0 Å². The molecular formula is C11H19N3O2S. The van der Waals surface area contributed by atoms with Gasteiger partial charge >= 0.3 is 0 Å². The van der Waals surface area contributed by atoms with E-state index in [-0.39, 0.29) is 10.3 Å². The van der Waals surface area contributed by atoms with E-state index in [1.54, 1.807) is 12.1 Å². The molecule has 0 saturated heterocycles. The smallest absolute Gasteiger partial charge is 0.240 e. The van der Waals surface area contributed by atoms with Gasteiger partial charge in [0.25, 0.3) is 0 Å². The van der Waals surface area contributed by atoms with E-state index < -0.39 is 10.0 Å². The number of benzene rings is 1. The summed E-state index contributed by atoms with van der Waals surface area (Å²) in [5, 5.41) is 8.21. The van der Waals surface area contributed by atoms with Crippen LogP contribution in [0.4, 0.5) is 11.4 Å². The van der Waals surface area contributed by atoms with Crippen LogP contribution in [0, 0.1) is 5.41 Å². The largest absolute Gasteiger partial charge is 0.399 e. The molecule has 0 heterocycles. The molecule has 0 aliphatic rings. The maximum Gasteiger partial charge on any atom is 0.240 e. The predicted octanol–water partition coefficient (Wildman–Crippen LogP) is 1.37. The van der Waals surface area contributed by atoms with Crippen LogP contribution in [-0.4, -0.2) is 15.0 Å². The molecule has 17 heavy (non-hydrogen) atoms. The molecule has 1 rings (SSSR count). The van der Waals surface area contributed by atoms with Crippen molar-refractivity contribution in [2.75, 3.05) is 17.6 Å². The highest BCUT2D eigenvalue weighted by Gasteiger charge is 2.16. The van der Waals surface area contributed by atoms with Gasteiger partial charge in [-0.1, -0.05) is 20.8 Å². The first kappa shape index (κ1) is 13.8. The third-order valence-electron chi connectivity index (χ3n) is 2.12. The van der Waals surface area contributed by atoms with Gasteiger partial charge in [-0.3, -0.25) is 0 Å². The average molecular weight is 257 g/mol. The van der Waals surface area contributed by atoms with E-state index in [4.69, 9.17) is 10.9 Å². The molecular weight excluding hydrogens is 238 g/mol. The Balaban J connectivity index is 3.08. The molecule has 0 fully saturated rings. The number of rotatable bonds is 3. The van der Waals surface area contributed by atoms with Crippen molar-refractivity contribution in [2.45, 2.75) is 25.7 Å². The van der Waals surface area contributed by atoms with Crippen molar-refractivity contribution < 1.29 is 8.42 Å². The second-order valence-electron chi connectivity index (χ2n) is 5.21. The summed E-state index contributed by atoms with van der Waals surface area (Å²) in [5.41, 5.74) is 6.45. The van der Waals surface area contributed by atoms with E-state index in [2.05, 4.69) is 5.32 Å². The molecule has 0 aromatic heterocycles. The number of nitrogens with one attached hydrogen (secondary N) is 1. The van der Waals surface area contributed by atoms with Crippen molar-refractivity contribution in [3.63, 3.8) is 0 Å². The van der Waals surface area contributed by atoms with Crippen LogP contribution in [0.3, 0.4) is 0 Å². The quantitative estimate of drug-likeness (QED) is 0.712. The lowest BCUT2D eigenvalue weighted by Crippen LogP contribution is -2.21. The second-order valence-corrected chi connectivity index (χ2v) is 6.74. The van der Waals surface area contributed by atoms with Crippen molar-refractivity contribution in [1.29, 1.82) is 0 Å². The normalized spacial score (nSPS) is 12.5. The monoisotopic (exact) mass is 257 g/mol. The summed E-state index contributed by atoms with van der Waals surface area (Å²) in [6.45, 7) is 6.79. The highest BCUT2D eigenvalue weighted by atomic mass is 32.2. The van der Waals surface area contributed by atoms with E-state index in [9.17, 15) is 8.42 Å². The van der Waals surface area contributed by atoms with Gasteiger partial charge in [0.1, 0.15) is 4.90 Å². The van der Waals surface area contributed by atoms with Crippen LogP contribution >= 0.6 is 0 Å². The Kier molecular flexibility index (Phi) is 3.68. The summed E-state index contributed by atoms with van der Waals surface area (Å²) < 4.78 is 22.8. The fraction of sp³-hybridized carbons (Fsp3) is 0.455. The molecule has 0 aliphatic heterocycles. The summed E-state index contributed by atoms with van der Waals surface area (Å²) in [6, 6.07) is 4.63. The van der Waals surface area contributed by atoms with Crippen molar-refractivity contribution in [3.8, 4) is 0 Å². The third-order valence-corrected chi connectivity index (χ3v) is 3.07. The van der Waals surface area contributed by atoms with E-state index in [0.717, 1.165) is 0 Å². The highest BCUT2D eigenvalue weighted by Crippen LogP contribution is 2.24. The Labute approximate surface area is 102 Å². The lowest BCUT2D eigenvalue weighted by molar-refractivity contribution is 0.442. The maximum absolute atomic E-state index is 11.4. The topological polar surface area (TPSA) is 98.2 Å². The average Bonchev–Trinajstić information content (AvgIpc) is 2.13.